The van der Waals surface area contributed by atoms with E-state index < -0.39 is 0 Å². The van der Waals surface area contributed by atoms with Crippen LogP contribution in [0.5, 0.6) is 0 Å². The van der Waals surface area contributed by atoms with Gasteiger partial charge in [0.25, 0.3) is 0 Å². The Balaban J connectivity index is 2.52. The van der Waals surface area contributed by atoms with Gasteiger partial charge in [0.15, 0.2) is 0 Å². The molecule has 0 radical (unpaired) electrons. The van der Waals surface area contributed by atoms with E-state index in [1.165, 1.54) is 12.1 Å². The average molecular weight is 266 g/mol. The quantitative estimate of drug-likeness (QED) is 0.770. The number of hydrogen-bond donors (Lipinski definition) is 1. The van der Waals surface area contributed by atoms with Gasteiger partial charge in [-0.3, -0.25) is 4.79 Å². The third-order valence-corrected chi connectivity index (χ3v) is 2.86. The Bertz CT molecular complexity index is 407. The van der Waals surface area contributed by atoms with Crippen molar-refractivity contribution in [2.24, 2.45) is 0 Å². The van der Waals surface area contributed by atoms with E-state index in [0.29, 0.717) is 24.7 Å². The molecule has 1 aromatic rings. The van der Waals surface area contributed by atoms with Crippen LogP contribution >= 0.6 is 0 Å². The molecular weight excluding hydrogens is 243 g/mol. The monoisotopic (exact) mass is 266 g/mol. The van der Waals surface area contributed by atoms with Crippen molar-refractivity contribution < 1.29 is 9.18 Å². The van der Waals surface area contributed by atoms with Crippen LogP contribution in [0, 0.1) is 5.82 Å². The minimum absolute atomic E-state index is 0.0404. The van der Waals surface area contributed by atoms with Crippen LogP contribution in [0.2, 0.25) is 0 Å². The number of rotatable bonds is 7. The molecule has 0 saturated heterocycles. The van der Waals surface area contributed by atoms with E-state index in [9.17, 15) is 9.18 Å². The summed E-state index contributed by atoms with van der Waals surface area (Å²) in [5, 5.41) is 3.28. The third kappa shape index (κ3) is 5.39. The highest BCUT2D eigenvalue weighted by atomic mass is 19.1. The Morgan fingerprint density at radius 2 is 2.16 bits per heavy atom. The zero-order valence-electron chi connectivity index (χ0n) is 11.9. The number of amides is 1. The molecule has 4 heteroatoms. The standard InChI is InChI=1S/C15H23FN2O/c1-4-18(14-8-5-7-13(16)11-14)15(19)9-6-10-17-12(2)3/h5,7-8,11-12,17H,4,6,9-10H2,1-3H3. The van der Waals surface area contributed by atoms with Crippen LogP contribution in [0.25, 0.3) is 0 Å². The molecule has 0 spiro atoms. The Morgan fingerprint density at radius 3 is 2.74 bits per heavy atom. The van der Waals surface area contributed by atoms with Crippen LogP contribution in [-0.4, -0.2) is 25.0 Å². The second-order valence-corrected chi connectivity index (χ2v) is 4.83. The lowest BCUT2D eigenvalue weighted by atomic mass is 10.2. The summed E-state index contributed by atoms with van der Waals surface area (Å²) in [4.78, 5) is 13.7. The van der Waals surface area contributed by atoms with E-state index in [2.05, 4.69) is 19.2 Å². The maximum Gasteiger partial charge on any atom is 0.227 e. The molecule has 1 amide bonds. The summed E-state index contributed by atoms with van der Waals surface area (Å²) >= 11 is 0. The van der Waals surface area contributed by atoms with Crippen molar-refractivity contribution >= 4 is 11.6 Å². The Hall–Kier alpha value is -1.42. The zero-order valence-corrected chi connectivity index (χ0v) is 11.9. The van der Waals surface area contributed by atoms with E-state index in [1.54, 1.807) is 17.0 Å². The zero-order chi connectivity index (χ0) is 14.3. The van der Waals surface area contributed by atoms with Gasteiger partial charge in [-0.15, -0.1) is 0 Å². The van der Waals surface area contributed by atoms with Gasteiger partial charge < -0.3 is 10.2 Å². The predicted molar refractivity (Wildman–Crippen MR) is 76.8 cm³/mol. The van der Waals surface area contributed by atoms with E-state index in [0.717, 1.165) is 13.0 Å². The molecule has 0 aliphatic heterocycles. The van der Waals surface area contributed by atoms with Crippen molar-refractivity contribution in [3.05, 3.63) is 30.1 Å². The molecule has 0 aliphatic rings. The Labute approximate surface area is 114 Å². The maximum absolute atomic E-state index is 13.2. The smallest absolute Gasteiger partial charge is 0.227 e. The lowest BCUT2D eigenvalue weighted by Gasteiger charge is -2.21. The highest BCUT2D eigenvalue weighted by Crippen LogP contribution is 2.16. The summed E-state index contributed by atoms with van der Waals surface area (Å²) in [5.74, 6) is -0.274. The normalized spacial score (nSPS) is 10.8. The van der Waals surface area contributed by atoms with Crippen molar-refractivity contribution in [2.45, 2.75) is 39.7 Å². The molecule has 0 unspecified atom stereocenters. The number of benzene rings is 1. The minimum atomic E-state index is -0.315. The van der Waals surface area contributed by atoms with Gasteiger partial charge in [-0.25, -0.2) is 4.39 Å². The molecule has 0 fully saturated rings. The van der Waals surface area contributed by atoms with Crippen molar-refractivity contribution in [3.8, 4) is 0 Å². The van der Waals surface area contributed by atoms with Crippen LogP contribution < -0.4 is 10.2 Å². The number of hydrogen-bond acceptors (Lipinski definition) is 2. The van der Waals surface area contributed by atoms with Crippen LogP contribution in [0.3, 0.4) is 0 Å². The van der Waals surface area contributed by atoms with Gasteiger partial charge in [0.05, 0.1) is 0 Å². The Morgan fingerprint density at radius 1 is 1.42 bits per heavy atom. The Kier molecular flexibility index (Phi) is 6.50. The highest BCUT2D eigenvalue weighted by molar-refractivity contribution is 5.93. The van der Waals surface area contributed by atoms with Gasteiger partial charge in [-0.2, -0.15) is 0 Å². The third-order valence-electron chi connectivity index (χ3n) is 2.86. The predicted octanol–water partition coefficient (Wildman–Crippen LogP) is 2.96. The van der Waals surface area contributed by atoms with E-state index >= 15 is 0 Å². The molecule has 0 aliphatic carbocycles. The number of anilines is 1. The van der Waals surface area contributed by atoms with Gasteiger partial charge in [-0.05, 0) is 38.1 Å². The van der Waals surface area contributed by atoms with Gasteiger partial charge in [0, 0.05) is 24.7 Å². The van der Waals surface area contributed by atoms with Crippen molar-refractivity contribution in [3.63, 3.8) is 0 Å². The van der Waals surface area contributed by atoms with Gasteiger partial charge in [-0.1, -0.05) is 19.9 Å². The molecule has 0 heterocycles. The summed E-state index contributed by atoms with van der Waals surface area (Å²) < 4.78 is 13.2. The summed E-state index contributed by atoms with van der Waals surface area (Å²) in [7, 11) is 0. The molecule has 0 aromatic heterocycles. The lowest BCUT2D eigenvalue weighted by Crippen LogP contribution is -2.31. The molecule has 3 nitrogen and oxygen atoms in total. The van der Waals surface area contributed by atoms with Crippen LogP contribution in [0.4, 0.5) is 10.1 Å². The fourth-order valence-corrected chi connectivity index (χ4v) is 1.91. The van der Waals surface area contributed by atoms with Crippen molar-refractivity contribution in [1.29, 1.82) is 0 Å². The highest BCUT2D eigenvalue weighted by Gasteiger charge is 2.13. The van der Waals surface area contributed by atoms with Crippen LogP contribution in [0.1, 0.15) is 33.6 Å². The summed E-state index contributed by atoms with van der Waals surface area (Å²) in [5.41, 5.74) is 0.629. The summed E-state index contributed by atoms with van der Waals surface area (Å²) in [6.45, 7) is 7.43. The van der Waals surface area contributed by atoms with E-state index in [-0.39, 0.29) is 11.7 Å². The van der Waals surface area contributed by atoms with Gasteiger partial charge in [0.2, 0.25) is 5.91 Å². The molecule has 0 atom stereocenters. The molecule has 0 saturated carbocycles. The largest absolute Gasteiger partial charge is 0.315 e. The number of nitrogens with zero attached hydrogens (tertiary/aromatic N) is 1. The minimum Gasteiger partial charge on any atom is -0.315 e. The molecule has 19 heavy (non-hydrogen) atoms. The SMILES string of the molecule is CCN(C(=O)CCCNC(C)C)c1cccc(F)c1. The fourth-order valence-electron chi connectivity index (χ4n) is 1.91. The van der Waals surface area contributed by atoms with E-state index in [4.69, 9.17) is 0 Å². The molecule has 1 aromatic carbocycles. The first-order chi connectivity index (χ1) is 9.04. The second kappa shape index (κ2) is 7.89. The fraction of sp³-hybridized carbons (Fsp3) is 0.533. The lowest BCUT2D eigenvalue weighted by molar-refractivity contribution is -0.118. The van der Waals surface area contributed by atoms with Gasteiger partial charge in [0.1, 0.15) is 5.82 Å². The van der Waals surface area contributed by atoms with Crippen molar-refractivity contribution in [2.75, 3.05) is 18.0 Å². The number of nitrogens with one attached hydrogen (secondary N) is 1. The average Bonchev–Trinajstić information content (AvgIpc) is 2.35. The maximum atomic E-state index is 13.2. The summed E-state index contributed by atoms with van der Waals surface area (Å²) in [6.07, 6.45) is 1.27. The second-order valence-electron chi connectivity index (χ2n) is 4.83. The first kappa shape index (κ1) is 15.6. The summed E-state index contributed by atoms with van der Waals surface area (Å²) in [6, 6.07) is 6.60. The van der Waals surface area contributed by atoms with Crippen LogP contribution in [0.15, 0.2) is 24.3 Å². The first-order valence-electron chi connectivity index (χ1n) is 6.84. The topological polar surface area (TPSA) is 32.3 Å². The van der Waals surface area contributed by atoms with E-state index in [1.807, 2.05) is 6.92 Å². The molecular formula is C15H23FN2O. The van der Waals surface area contributed by atoms with Crippen LogP contribution in [-0.2, 0) is 4.79 Å². The molecule has 106 valence electrons. The first-order valence-corrected chi connectivity index (χ1v) is 6.84. The van der Waals surface area contributed by atoms with Crippen molar-refractivity contribution in [1.82, 2.24) is 5.32 Å². The number of halogens is 1. The molecule has 1 N–H and O–H groups in total. The van der Waals surface area contributed by atoms with Gasteiger partial charge >= 0.3 is 0 Å². The number of carbonyl (C=O) groups excluding carboxylic acids is 1. The molecule has 1 rings (SSSR count). The number of carbonyl (C=O) groups is 1. The molecule has 0 bridgehead atoms.